The second-order valence-electron chi connectivity index (χ2n) is 5.29. The van der Waals surface area contributed by atoms with Crippen LogP contribution in [0.5, 0.6) is 0 Å². The van der Waals surface area contributed by atoms with Crippen molar-refractivity contribution in [2.24, 2.45) is 5.92 Å². The van der Waals surface area contributed by atoms with E-state index in [2.05, 4.69) is 19.5 Å². The van der Waals surface area contributed by atoms with Crippen LogP contribution in [0.4, 0.5) is 5.82 Å². The minimum absolute atomic E-state index is 0.199. The van der Waals surface area contributed by atoms with Gasteiger partial charge in [0, 0.05) is 5.92 Å². The van der Waals surface area contributed by atoms with Gasteiger partial charge in [0.25, 0.3) is 0 Å². The van der Waals surface area contributed by atoms with Crippen LogP contribution in [0.1, 0.15) is 12.5 Å². The number of fused-ring (bicyclic) bond motifs is 1. The topological polar surface area (TPSA) is 157 Å². The molecule has 2 aromatic rings. The molecule has 124 valence electrons. The van der Waals surface area contributed by atoms with Gasteiger partial charge < -0.3 is 25.2 Å². The van der Waals surface area contributed by atoms with E-state index in [4.69, 9.17) is 15.5 Å². The first-order chi connectivity index (χ1) is 10.8. The summed E-state index contributed by atoms with van der Waals surface area (Å²) in [7, 11) is -4.55. The zero-order valence-electron chi connectivity index (χ0n) is 11.9. The number of hydrogen-bond acceptors (Lipinski definition) is 7. The van der Waals surface area contributed by atoms with Crippen LogP contribution in [-0.4, -0.2) is 47.1 Å². The van der Waals surface area contributed by atoms with E-state index in [-0.39, 0.29) is 18.5 Å². The molecule has 2 heterocycles. The van der Waals surface area contributed by atoms with Crippen molar-refractivity contribution in [2.75, 3.05) is 12.3 Å². The van der Waals surface area contributed by atoms with Crippen molar-refractivity contribution < 1.29 is 24.0 Å². The molecule has 0 aromatic carbocycles. The highest BCUT2D eigenvalue weighted by Gasteiger charge is 2.29. The maximum absolute atomic E-state index is 10.7. The molecule has 3 atom stereocenters. The van der Waals surface area contributed by atoms with Crippen molar-refractivity contribution in [3.05, 3.63) is 24.8 Å². The summed E-state index contributed by atoms with van der Waals surface area (Å²) < 4.78 is 17.0. The average molecular weight is 341 g/mol. The van der Waals surface area contributed by atoms with Gasteiger partial charge in [-0.15, -0.1) is 0 Å². The molecule has 0 saturated carbocycles. The number of allylic oxidation sites excluding steroid dienone is 1. The molecular weight excluding hydrogens is 325 g/mol. The van der Waals surface area contributed by atoms with Gasteiger partial charge in [-0.25, -0.2) is 19.5 Å². The first kappa shape index (κ1) is 16.0. The van der Waals surface area contributed by atoms with Gasteiger partial charge in [0.05, 0.1) is 25.1 Å². The molecule has 0 saturated heterocycles. The summed E-state index contributed by atoms with van der Waals surface area (Å²) in [6, 6.07) is -0.199. The number of aromatic nitrogens is 4. The van der Waals surface area contributed by atoms with E-state index in [1.54, 1.807) is 17.0 Å². The van der Waals surface area contributed by atoms with Crippen molar-refractivity contribution in [2.45, 2.75) is 18.6 Å². The van der Waals surface area contributed by atoms with Crippen LogP contribution < -0.4 is 5.73 Å². The number of phosphoric acid groups is 1. The van der Waals surface area contributed by atoms with Crippen molar-refractivity contribution in [1.82, 2.24) is 19.5 Å². The summed E-state index contributed by atoms with van der Waals surface area (Å²) in [6.45, 7) is -0.255. The maximum atomic E-state index is 10.7. The van der Waals surface area contributed by atoms with Gasteiger partial charge in [-0.2, -0.15) is 0 Å². The van der Waals surface area contributed by atoms with Crippen molar-refractivity contribution >= 4 is 24.8 Å². The Bertz CT molecular complexity index is 787. The largest absolute Gasteiger partial charge is 0.469 e. The van der Waals surface area contributed by atoms with E-state index in [9.17, 15) is 9.67 Å². The fourth-order valence-corrected chi connectivity index (χ4v) is 2.94. The Hall–Kier alpha value is -1.84. The molecule has 0 aliphatic heterocycles. The van der Waals surface area contributed by atoms with Gasteiger partial charge in [0.2, 0.25) is 0 Å². The van der Waals surface area contributed by atoms with Crippen LogP contribution in [0.2, 0.25) is 0 Å². The summed E-state index contributed by atoms with van der Waals surface area (Å²) >= 11 is 0. The van der Waals surface area contributed by atoms with Gasteiger partial charge in [-0.05, 0) is 6.42 Å². The lowest BCUT2D eigenvalue weighted by atomic mass is 9.90. The predicted octanol–water partition coefficient (Wildman–Crippen LogP) is -0.00410. The fourth-order valence-electron chi connectivity index (χ4n) is 2.57. The molecule has 0 bridgehead atoms. The standard InChI is InChI=1S/C12H16N5O5P/c13-11-10-12(15-5-14-11)17(6-16-10)8-2-1-7(9(18)3-8)4-22-23(19,20)21/h1-2,5-9,18H,3-4H2,(H2,13,14,15)(H2,19,20,21)/t7-,8-,9+/m0/s1. The third kappa shape index (κ3) is 3.41. The maximum Gasteiger partial charge on any atom is 0.469 e. The molecule has 0 radical (unpaired) electrons. The zero-order valence-corrected chi connectivity index (χ0v) is 12.8. The molecule has 2 aromatic heterocycles. The Kier molecular flexibility index (Phi) is 4.17. The van der Waals surface area contributed by atoms with Crippen LogP contribution in [0.15, 0.2) is 24.8 Å². The number of aliphatic hydroxyl groups excluding tert-OH is 1. The number of rotatable bonds is 4. The second-order valence-corrected chi connectivity index (χ2v) is 6.53. The third-order valence-corrected chi connectivity index (χ3v) is 4.22. The molecule has 11 heteroatoms. The highest BCUT2D eigenvalue weighted by Crippen LogP contribution is 2.38. The van der Waals surface area contributed by atoms with Crippen LogP contribution in [-0.2, 0) is 9.09 Å². The Labute approximate surface area is 130 Å². The smallest absolute Gasteiger partial charge is 0.392 e. The second kappa shape index (κ2) is 5.99. The molecule has 0 fully saturated rings. The molecule has 0 unspecified atom stereocenters. The molecular formula is C12H16N5O5P. The normalized spacial score (nSPS) is 25.1. The van der Waals surface area contributed by atoms with Gasteiger partial charge >= 0.3 is 7.82 Å². The Balaban J connectivity index is 1.80. The summed E-state index contributed by atoms with van der Waals surface area (Å²) in [6.07, 6.45) is 5.93. The number of nitrogen functional groups attached to an aromatic ring is 1. The van der Waals surface area contributed by atoms with Gasteiger partial charge in [0.1, 0.15) is 11.8 Å². The number of nitrogens with zero attached hydrogens (tertiary/aromatic N) is 4. The molecule has 10 nitrogen and oxygen atoms in total. The predicted molar refractivity (Wildman–Crippen MR) is 80.0 cm³/mol. The Morgan fingerprint density at radius 1 is 1.35 bits per heavy atom. The first-order valence-electron chi connectivity index (χ1n) is 6.84. The van der Waals surface area contributed by atoms with Crippen molar-refractivity contribution in [3.63, 3.8) is 0 Å². The number of hydrogen-bond donors (Lipinski definition) is 4. The Morgan fingerprint density at radius 2 is 2.13 bits per heavy atom. The molecule has 0 spiro atoms. The third-order valence-electron chi connectivity index (χ3n) is 3.74. The van der Waals surface area contributed by atoms with E-state index in [0.717, 1.165) is 0 Å². The van der Waals surface area contributed by atoms with Crippen LogP contribution in [0.3, 0.4) is 0 Å². The van der Waals surface area contributed by atoms with E-state index in [1.807, 2.05) is 6.08 Å². The molecule has 1 aliphatic carbocycles. The molecule has 1 aliphatic rings. The number of anilines is 1. The number of aliphatic hydroxyl groups is 1. The Morgan fingerprint density at radius 3 is 2.83 bits per heavy atom. The van der Waals surface area contributed by atoms with E-state index < -0.39 is 19.8 Å². The monoisotopic (exact) mass is 341 g/mol. The molecule has 0 amide bonds. The highest BCUT2D eigenvalue weighted by atomic mass is 31.2. The summed E-state index contributed by atoms with van der Waals surface area (Å²) in [5.41, 5.74) is 6.79. The van der Waals surface area contributed by atoms with Crippen LogP contribution >= 0.6 is 7.82 Å². The van der Waals surface area contributed by atoms with Crippen LogP contribution in [0, 0.1) is 5.92 Å². The minimum Gasteiger partial charge on any atom is -0.392 e. The summed E-state index contributed by atoms with van der Waals surface area (Å²) in [5, 5.41) is 10.2. The SMILES string of the molecule is Nc1ncnc2c1ncn2[C@H]1C=C[C@@H](COP(=O)(O)O)[C@H](O)C1. The van der Waals surface area contributed by atoms with Gasteiger partial charge in [-0.1, -0.05) is 12.2 Å². The molecule has 3 rings (SSSR count). The van der Waals surface area contributed by atoms with E-state index in [0.29, 0.717) is 17.6 Å². The van der Waals surface area contributed by atoms with Gasteiger partial charge in [-0.3, -0.25) is 4.52 Å². The lowest BCUT2D eigenvalue weighted by molar-refractivity contribution is 0.0667. The summed E-state index contributed by atoms with van der Waals surface area (Å²) in [4.78, 5) is 29.7. The quantitative estimate of drug-likeness (QED) is 0.443. The molecule has 23 heavy (non-hydrogen) atoms. The highest BCUT2D eigenvalue weighted by molar-refractivity contribution is 7.46. The lowest BCUT2D eigenvalue weighted by Crippen LogP contribution is -2.29. The number of phosphoric ester groups is 1. The molecule has 5 N–H and O–H groups in total. The van der Waals surface area contributed by atoms with Crippen LogP contribution in [0.25, 0.3) is 11.2 Å². The number of imidazole rings is 1. The first-order valence-corrected chi connectivity index (χ1v) is 8.37. The van der Waals surface area contributed by atoms with Crippen molar-refractivity contribution in [3.8, 4) is 0 Å². The van der Waals surface area contributed by atoms with Crippen molar-refractivity contribution in [1.29, 1.82) is 0 Å². The summed E-state index contributed by atoms with van der Waals surface area (Å²) in [5.74, 6) is -0.213. The average Bonchev–Trinajstić information content (AvgIpc) is 2.90. The zero-order chi connectivity index (χ0) is 16.6. The van der Waals surface area contributed by atoms with Gasteiger partial charge in [0.15, 0.2) is 11.5 Å². The minimum atomic E-state index is -4.55. The van der Waals surface area contributed by atoms with E-state index in [1.165, 1.54) is 6.33 Å². The fraction of sp³-hybridized carbons (Fsp3) is 0.417. The number of nitrogens with two attached hydrogens (primary N) is 1. The van der Waals surface area contributed by atoms with E-state index >= 15 is 0 Å². The lowest BCUT2D eigenvalue weighted by Gasteiger charge is -2.28.